The van der Waals surface area contributed by atoms with Crippen molar-refractivity contribution < 1.29 is 4.79 Å². The van der Waals surface area contributed by atoms with Crippen molar-refractivity contribution in [3.05, 3.63) is 47.2 Å². The first-order valence-corrected chi connectivity index (χ1v) is 5.65. The Morgan fingerprint density at radius 1 is 1.19 bits per heavy atom. The quantitative estimate of drug-likeness (QED) is 0.772. The first-order valence-electron chi connectivity index (χ1n) is 5.65. The third-order valence-corrected chi connectivity index (χ3v) is 2.99. The van der Waals surface area contributed by atoms with Crippen LogP contribution in [-0.4, -0.2) is 17.7 Å². The van der Waals surface area contributed by atoms with Gasteiger partial charge in [0, 0.05) is 31.8 Å². The molecular formula is C14H17NO. The molecule has 1 aromatic rings. The molecule has 0 radical (unpaired) electrons. The summed E-state index contributed by atoms with van der Waals surface area (Å²) in [5.74, 6) is 0.255. The lowest BCUT2D eigenvalue weighted by Crippen LogP contribution is -2.15. The number of ketones is 1. The van der Waals surface area contributed by atoms with Crippen molar-refractivity contribution in [2.75, 3.05) is 7.05 Å². The molecule has 2 nitrogen and oxygen atoms in total. The van der Waals surface area contributed by atoms with E-state index in [4.69, 9.17) is 0 Å². The van der Waals surface area contributed by atoms with E-state index in [2.05, 4.69) is 36.1 Å². The molecule has 0 bridgehead atoms. The fourth-order valence-corrected chi connectivity index (χ4v) is 1.95. The first-order chi connectivity index (χ1) is 7.65. The molecule has 0 fully saturated rings. The molecule has 1 aliphatic carbocycles. The van der Waals surface area contributed by atoms with Gasteiger partial charge in [0.25, 0.3) is 0 Å². The van der Waals surface area contributed by atoms with Gasteiger partial charge in [0.2, 0.25) is 0 Å². The minimum absolute atomic E-state index is 0.255. The number of hydrogen-bond acceptors (Lipinski definition) is 2. The van der Waals surface area contributed by atoms with Gasteiger partial charge in [-0.15, -0.1) is 0 Å². The maximum Gasteiger partial charge on any atom is 0.157 e. The van der Waals surface area contributed by atoms with Gasteiger partial charge in [-0.1, -0.05) is 29.8 Å². The van der Waals surface area contributed by atoms with Gasteiger partial charge in [0.15, 0.2) is 5.78 Å². The number of allylic oxidation sites excluding steroid dienone is 2. The summed E-state index contributed by atoms with van der Waals surface area (Å²) in [4.78, 5) is 13.3. The van der Waals surface area contributed by atoms with Gasteiger partial charge in [0.1, 0.15) is 0 Å². The van der Waals surface area contributed by atoms with Crippen LogP contribution in [0.25, 0.3) is 0 Å². The van der Waals surface area contributed by atoms with Crippen LogP contribution in [0, 0.1) is 6.92 Å². The van der Waals surface area contributed by atoms with Gasteiger partial charge in [-0.3, -0.25) is 4.79 Å². The average Bonchev–Trinajstić information content (AvgIpc) is 2.68. The van der Waals surface area contributed by atoms with E-state index in [-0.39, 0.29) is 5.78 Å². The molecule has 0 N–H and O–H groups in total. The highest BCUT2D eigenvalue weighted by atomic mass is 16.1. The molecule has 0 spiro atoms. The van der Waals surface area contributed by atoms with Crippen molar-refractivity contribution in [3.8, 4) is 0 Å². The Morgan fingerprint density at radius 3 is 2.44 bits per heavy atom. The monoisotopic (exact) mass is 215 g/mol. The fourth-order valence-electron chi connectivity index (χ4n) is 1.95. The minimum Gasteiger partial charge on any atom is -0.373 e. The molecule has 0 unspecified atom stereocenters. The molecule has 2 heteroatoms. The second kappa shape index (κ2) is 4.52. The highest BCUT2D eigenvalue weighted by molar-refractivity contribution is 5.92. The second-order valence-corrected chi connectivity index (χ2v) is 4.44. The van der Waals surface area contributed by atoms with E-state index in [1.54, 1.807) is 6.08 Å². The zero-order valence-electron chi connectivity index (χ0n) is 9.86. The normalized spacial score (nSPS) is 15.1. The van der Waals surface area contributed by atoms with E-state index in [0.29, 0.717) is 6.42 Å². The number of aryl methyl sites for hydroxylation is 1. The van der Waals surface area contributed by atoms with E-state index >= 15 is 0 Å². The lowest BCUT2D eigenvalue weighted by Gasteiger charge is -2.20. The predicted molar refractivity (Wildman–Crippen MR) is 65.0 cm³/mol. The SMILES string of the molecule is Cc1ccc(CN(C)C2=CC(=O)CC2)cc1. The van der Waals surface area contributed by atoms with Crippen molar-refractivity contribution in [2.24, 2.45) is 0 Å². The molecule has 0 saturated carbocycles. The van der Waals surface area contributed by atoms with Crippen LogP contribution < -0.4 is 0 Å². The molecule has 0 amide bonds. The van der Waals surface area contributed by atoms with Crippen LogP contribution in [-0.2, 0) is 11.3 Å². The number of hydrogen-bond donors (Lipinski definition) is 0. The molecular weight excluding hydrogens is 198 g/mol. The van der Waals surface area contributed by atoms with Crippen molar-refractivity contribution >= 4 is 5.78 Å². The summed E-state index contributed by atoms with van der Waals surface area (Å²) in [7, 11) is 2.05. The van der Waals surface area contributed by atoms with E-state index in [9.17, 15) is 4.79 Å². The Morgan fingerprint density at radius 2 is 1.88 bits per heavy atom. The maximum atomic E-state index is 11.2. The van der Waals surface area contributed by atoms with Crippen LogP contribution in [0.15, 0.2) is 36.0 Å². The van der Waals surface area contributed by atoms with Crippen molar-refractivity contribution in [3.63, 3.8) is 0 Å². The standard InChI is InChI=1S/C14H17NO/c1-11-3-5-12(6-4-11)10-15(2)13-7-8-14(16)9-13/h3-6,9H,7-8,10H2,1-2H3. The summed E-state index contributed by atoms with van der Waals surface area (Å²) >= 11 is 0. The lowest BCUT2D eigenvalue weighted by atomic mass is 10.1. The molecule has 0 aromatic heterocycles. The number of carbonyl (C=O) groups is 1. The van der Waals surface area contributed by atoms with Crippen molar-refractivity contribution in [1.29, 1.82) is 0 Å². The number of benzene rings is 1. The highest BCUT2D eigenvalue weighted by Gasteiger charge is 2.15. The zero-order chi connectivity index (χ0) is 11.5. The summed E-state index contributed by atoms with van der Waals surface area (Å²) in [5.41, 5.74) is 3.72. The minimum atomic E-state index is 0.255. The third-order valence-electron chi connectivity index (χ3n) is 2.99. The van der Waals surface area contributed by atoms with Crippen LogP contribution >= 0.6 is 0 Å². The number of nitrogens with zero attached hydrogens (tertiary/aromatic N) is 1. The lowest BCUT2D eigenvalue weighted by molar-refractivity contribution is -0.114. The summed E-state index contributed by atoms with van der Waals surface area (Å²) in [5, 5.41) is 0. The van der Waals surface area contributed by atoms with Crippen LogP contribution in [0.4, 0.5) is 0 Å². The Kier molecular flexibility index (Phi) is 3.09. The van der Waals surface area contributed by atoms with Crippen molar-refractivity contribution in [1.82, 2.24) is 4.90 Å². The average molecular weight is 215 g/mol. The van der Waals surface area contributed by atoms with Gasteiger partial charge < -0.3 is 4.90 Å². The predicted octanol–water partition coefficient (Wildman–Crippen LogP) is 2.67. The Labute approximate surface area is 96.6 Å². The Bertz CT molecular complexity index is 417. The second-order valence-electron chi connectivity index (χ2n) is 4.44. The van der Waals surface area contributed by atoms with Crippen LogP contribution in [0.2, 0.25) is 0 Å². The summed E-state index contributed by atoms with van der Waals surface area (Å²) in [6, 6.07) is 8.53. The topological polar surface area (TPSA) is 20.3 Å². The number of rotatable bonds is 3. The van der Waals surface area contributed by atoms with Gasteiger partial charge in [0.05, 0.1) is 0 Å². The number of carbonyl (C=O) groups excluding carboxylic acids is 1. The van der Waals surface area contributed by atoms with E-state index < -0.39 is 0 Å². The Hall–Kier alpha value is -1.57. The van der Waals surface area contributed by atoms with E-state index in [0.717, 1.165) is 18.7 Å². The van der Waals surface area contributed by atoms with E-state index in [1.807, 2.05) is 7.05 Å². The van der Waals surface area contributed by atoms with Crippen molar-refractivity contribution in [2.45, 2.75) is 26.3 Å². The van der Waals surface area contributed by atoms with Gasteiger partial charge in [-0.25, -0.2) is 0 Å². The molecule has 16 heavy (non-hydrogen) atoms. The van der Waals surface area contributed by atoms with Crippen LogP contribution in [0.1, 0.15) is 24.0 Å². The summed E-state index contributed by atoms with van der Waals surface area (Å²) in [6.45, 7) is 2.96. The fraction of sp³-hybridized carbons (Fsp3) is 0.357. The van der Waals surface area contributed by atoms with Crippen LogP contribution in [0.5, 0.6) is 0 Å². The molecule has 0 saturated heterocycles. The Balaban J connectivity index is 2.02. The molecule has 2 rings (SSSR count). The largest absolute Gasteiger partial charge is 0.373 e. The van der Waals surface area contributed by atoms with Crippen LogP contribution in [0.3, 0.4) is 0 Å². The van der Waals surface area contributed by atoms with Gasteiger partial charge in [-0.2, -0.15) is 0 Å². The van der Waals surface area contributed by atoms with E-state index in [1.165, 1.54) is 11.1 Å². The molecule has 0 heterocycles. The highest BCUT2D eigenvalue weighted by Crippen LogP contribution is 2.19. The third kappa shape index (κ3) is 2.51. The zero-order valence-corrected chi connectivity index (χ0v) is 9.86. The first kappa shape index (κ1) is 10.9. The van der Waals surface area contributed by atoms with Gasteiger partial charge in [-0.05, 0) is 18.9 Å². The maximum absolute atomic E-state index is 11.2. The summed E-state index contributed by atoms with van der Waals surface area (Å²) < 4.78 is 0. The molecule has 84 valence electrons. The summed E-state index contributed by atoms with van der Waals surface area (Å²) in [6.07, 6.45) is 3.34. The molecule has 1 aromatic carbocycles. The molecule has 0 aliphatic heterocycles. The molecule has 1 aliphatic rings. The molecule has 0 atom stereocenters. The van der Waals surface area contributed by atoms with Gasteiger partial charge >= 0.3 is 0 Å². The smallest absolute Gasteiger partial charge is 0.157 e.